The van der Waals surface area contributed by atoms with Gasteiger partial charge in [-0.3, -0.25) is 14.4 Å². The van der Waals surface area contributed by atoms with Crippen LogP contribution in [0.5, 0.6) is 0 Å². The van der Waals surface area contributed by atoms with Crippen LogP contribution < -0.4 is 0 Å². The van der Waals surface area contributed by atoms with Crippen molar-refractivity contribution in [3.8, 4) is 0 Å². The highest BCUT2D eigenvalue weighted by Crippen LogP contribution is 2.18. The maximum Gasteiger partial charge on any atom is 0.306 e. The fourth-order valence-corrected chi connectivity index (χ4v) is 10.5. The van der Waals surface area contributed by atoms with Crippen LogP contribution in [-0.2, 0) is 28.6 Å². The van der Waals surface area contributed by atoms with Crippen LogP contribution in [0.4, 0.5) is 0 Å². The van der Waals surface area contributed by atoms with Crippen LogP contribution >= 0.6 is 0 Å². The molecule has 1 atom stereocenters. The van der Waals surface area contributed by atoms with Crippen LogP contribution in [0, 0.1) is 0 Å². The Bertz CT molecular complexity index is 1570. The molecule has 6 nitrogen and oxygen atoms in total. The summed E-state index contributed by atoms with van der Waals surface area (Å²) in [6.07, 6.45) is 95.0. The Labute approximate surface area is 515 Å². The molecule has 0 aliphatic rings. The molecule has 0 fully saturated rings. The summed E-state index contributed by atoms with van der Waals surface area (Å²) in [5.74, 6) is -0.906. The molecule has 0 aromatic heterocycles. The molecule has 480 valence electrons. The Balaban J connectivity index is 4.11. The molecule has 0 rings (SSSR count). The topological polar surface area (TPSA) is 78.9 Å². The van der Waals surface area contributed by atoms with Gasteiger partial charge in [0.05, 0.1) is 0 Å². The highest BCUT2D eigenvalue weighted by Gasteiger charge is 2.19. The fraction of sp³-hybridized carbons (Fsp3) is 0.779. The van der Waals surface area contributed by atoms with E-state index in [-0.39, 0.29) is 31.1 Å². The number of rotatable bonds is 66. The zero-order valence-corrected chi connectivity index (χ0v) is 55.2. The lowest BCUT2D eigenvalue weighted by Gasteiger charge is -2.18. The minimum absolute atomic E-state index is 0.0867. The third-order valence-electron chi connectivity index (χ3n) is 15.9. The van der Waals surface area contributed by atoms with Gasteiger partial charge >= 0.3 is 17.9 Å². The standard InChI is InChI=1S/C77H136O6/c1-4-7-10-13-16-19-22-25-28-29-30-31-32-33-34-35-36-37-38-39-40-41-42-43-44-45-46-47-50-52-55-58-61-64-67-70-76(79)82-73-74(83-77(80)71-68-65-62-59-56-53-49-27-24-21-18-15-12-9-6-3)72-81-75(78)69-66-63-60-57-54-51-48-26-23-20-17-14-11-8-5-2/h8-9,11-12,17-18,20-21,26-27,29-30,48-49,74H,4-7,10,13-16,19,22-25,28,31-47,50-73H2,1-3H3/b11-8-,12-9-,20-17-,21-18-,30-29-,48-26-,49-27-. The average Bonchev–Trinajstić information content (AvgIpc) is 3.49. The summed E-state index contributed by atoms with van der Waals surface area (Å²) in [5.41, 5.74) is 0. The summed E-state index contributed by atoms with van der Waals surface area (Å²) >= 11 is 0. The predicted molar refractivity (Wildman–Crippen MR) is 362 cm³/mol. The average molecular weight is 1160 g/mol. The molecule has 0 radical (unpaired) electrons. The van der Waals surface area contributed by atoms with E-state index in [2.05, 4.69) is 106 Å². The van der Waals surface area contributed by atoms with Gasteiger partial charge in [-0.15, -0.1) is 0 Å². The number of esters is 3. The second-order valence-corrected chi connectivity index (χ2v) is 24.1. The van der Waals surface area contributed by atoms with Crippen molar-refractivity contribution in [1.29, 1.82) is 0 Å². The number of hydrogen-bond acceptors (Lipinski definition) is 6. The molecule has 1 unspecified atom stereocenters. The van der Waals surface area contributed by atoms with Crippen molar-refractivity contribution in [2.24, 2.45) is 0 Å². The smallest absolute Gasteiger partial charge is 0.306 e. The quantitative estimate of drug-likeness (QED) is 0.0261. The van der Waals surface area contributed by atoms with E-state index >= 15 is 0 Å². The number of ether oxygens (including phenoxy) is 3. The zero-order valence-electron chi connectivity index (χ0n) is 55.2. The summed E-state index contributed by atoms with van der Waals surface area (Å²) in [7, 11) is 0. The van der Waals surface area contributed by atoms with E-state index in [1.165, 1.54) is 193 Å². The highest BCUT2D eigenvalue weighted by atomic mass is 16.6. The molecule has 0 amide bonds. The molecule has 83 heavy (non-hydrogen) atoms. The number of unbranched alkanes of at least 4 members (excludes halogenated alkanes) is 41. The van der Waals surface area contributed by atoms with Crippen LogP contribution in [0.25, 0.3) is 0 Å². The largest absolute Gasteiger partial charge is 0.462 e. The van der Waals surface area contributed by atoms with Gasteiger partial charge in [-0.2, -0.15) is 0 Å². The van der Waals surface area contributed by atoms with E-state index in [0.29, 0.717) is 19.3 Å². The molecular formula is C77H136O6. The summed E-state index contributed by atoms with van der Waals surface area (Å²) in [6.45, 7) is 6.43. The maximum absolute atomic E-state index is 12.9. The van der Waals surface area contributed by atoms with Crippen LogP contribution in [-0.4, -0.2) is 37.2 Å². The highest BCUT2D eigenvalue weighted by molar-refractivity contribution is 5.71. The molecule has 0 aromatic rings. The summed E-state index contributed by atoms with van der Waals surface area (Å²) in [5, 5.41) is 0. The molecule has 0 aliphatic carbocycles. The van der Waals surface area contributed by atoms with E-state index in [4.69, 9.17) is 14.2 Å². The van der Waals surface area contributed by atoms with Crippen molar-refractivity contribution in [2.45, 2.75) is 374 Å². The van der Waals surface area contributed by atoms with Gasteiger partial charge in [0.25, 0.3) is 0 Å². The predicted octanol–water partition coefficient (Wildman–Crippen LogP) is 25.0. The van der Waals surface area contributed by atoms with E-state index in [1.807, 2.05) is 0 Å². The molecular weight excluding hydrogens is 1020 g/mol. The fourth-order valence-electron chi connectivity index (χ4n) is 10.5. The molecule has 0 aliphatic heterocycles. The minimum Gasteiger partial charge on any atom is -0.462 e. The Hall–Kier alpha value is -3.41. The van der Waals surface area contributed by atoms with E-state index in [1.54, 1.807) is 0 Å². The van der Waals surface area contributed by atoms with Crippen molar-refractivity contribution < 1.29 is 28.6 Å². The molecule has 0 heterocycles. The van der Waals surface area contributed by atoms with E-state index in [9.17, 15) is 14.4 Å². The van der Waals surface area contributed by atoms with Gasteiger partial charge in [0.2, 0.25) is 0 Å². The van der Waals surface area contributed by atoms with Gasteiger partial charge in [-0.25, -0.2) is 0 Å². The van der Waals surface area contributed by atoms with E-state index < -0.39 is 6.10 Å². The molecule has 0 N–H and O–H groups in total. The maximum atomic E-state index is 12.9. The van der Waals surface area contributed by atoms with Crippen LogP contribution in [0.15, 0.2) is 85.1 Å². The lowest BCUT2D eigenvalue weighted by molar-refractivity contribution is -0.167. The lowest BCUT2D eigenvalue weighted by atomic mass is 10.0. The van der Waals surface area contributed by atoms with Crippen LogP contribution in [0.1, 0.15) is 367 Å². The first kappa shape index (κ1) is 79.6. The number of allylic oxidation sites excluding steroid dienone is 14. The lowest BCUT2D eigenvalue weighted by Crippen LogP contribution is -2.30. The van der Waals surface area contributed by atoms with Crippen molar-refractivity contribution in [1.82, 2.24) is 0 Å². The Morgan fingerprint density at radius 3 is 0.747 bits per heavy atom. The third kappa shape index (κ3) is 69.3. The van der Waals surface area contributed by atoms with Crippen LogP contribution in [0.3, 0.4) is 0 Å². The molecule has 0 spiro atoms. The van der Waals surface area contributed by atoms with Crippen molar-refractivity contribution in [3.63, 3.8) is 0 Å². The Kier molecular flexibility index (Phi) is 68.2. The van der Waals surface area contributed by atoms with Gasteiger partial charge in [-0.1, -0.05) is 324 Å². The molecule has 0 saturated heterocycles. The molecule has 0 aromatic carbocycles. The SMILES string of the molecule is CC/C=C\C/C=C\C/C=C\CCCCCCCC(=O)OCC(COC(=O)CCCCCCCCCCCCCCCCCCCCCCCCC/C=C\CCCCCCCCCC)OC(=O)CCCCCCC/C=C\C/C=C\C/C=C\CC. The third-order valence-corrected chi connectivity index (χ3v) is 15.9. The van der Waals surface area contributed by atoms with Crippen molar-refractivity contribution >= 4 is 17.9 Å². The normalized spacial score (nSPS) is 12.6. The Morgan fingerprint density at radius 2 is 0.470 bits per heavy atom. The van der Waals surface area contributed by atoms with Gasteiger partial charge < -0.3 is 14.2 Å². The summed E-state index contributed by atoms with van der Waals surface area (Å²) < 4.78 is 16.9. The minimum atomic E-state index is -0.793. The Morgan fingerprint density at radius 1 is 0.253 bits per heavy atom. The first-order valence-corrected chi connectivity index (χ1v) is 36.1. The molecule has 0 saturated carbocycles. The molecule has 0 bridgehead atoms. The number of hydrogen-bond donors (Lipinski definition) is 0. The van der Waals surface area contributed by atoms with Crippen LogP contribution in [0.2, 0.25) is 0 Å². The monoisotopic (exact) mass is 1160 g/mol. The summed E-state index contributed by atoms with van der Waals surface area (Å²) in [4.78, 5) is 38.4. The van der Waals surface area contributed by atoms with Gasteiger partial charge in [0.15, 0.2) is 6.10 Å². The second-order valence-electron chi connectivity index (χ2n) is 24.1. The van der Waals surface area contributed by atoms with Crippen molar-refractivity contribution in [2.75, 3.05) is 13.2 Å². The second kappa shape index (κ2) is 71.1. The zero-order chi connectivity index (χ0) is 59.9. The summed E-state index contributed by atoms with van der Waals surface area (Å²) in [6, 6.07) is 0. The van der Waals surface area contributed by atoms with E-state index in [0.717, 1.165) is 135 Å². The first-order valence-electron chi connectivity index (χ1n) is 36.1. The van der Waals surface area contributed by atoms with Gasteiger partial charge in [0.1, 0.15) is 13.2 Å². The number of carbonyl (C=O) groups is 3. The molecule has 6 heteroatoms. The first-order chi connectivity index (χ1) is 41.0. The van der Waals surface area contributed by atoms with Gasteiger partial charge in [-0.05, 0) is 109 Å². The van der Waals surface area contributed by atoms with Crippen molar-refractivity contribution in [3.05, 3.63) is 85.1 Å². The van der Waals surface area contributed by atoms with Gasteiger partial charge in [0, 0.05) is 19.3 Å². The number of carbonyl (C=O) groups excluding carboxylic acids is 3.